The summed E-state index contributed by atoms with van der Waals surface area (Å²) in [6.45, 7) is 7.31. The van der Waals surface area contributed by atoms with Crippen LogP contribution >= 0.6 is 0 Å². The van der Waals surface area contributed by atoms with Crippen molar-refractivity contribution in [1.82, 2.24) is 9.80 Å². The summed E-state index contributed by atoms with van der Waals surface area (Å²) >= 11 is 0. The zero-order valence-corrected chi connectivity index (χ0v) is 9.38. The topological polar surface area (TPSA) is 6.48 Å². The molecule has 1 saturated heterocycles. The average Bonchev–Trinajstić information content (AvgIpc) is 1.78. The van der Waals surface area contributed by atoms with Gasteiger partial charge in [-0.1, -0.05) is 0 Å². The molecular weight excluding hydrogens is 160 g/mol. The van der Waals surface area contributed by atoms with Gasteiger partial charge in [0.25, 0.3) is 0 Å². The fourth-order valence-electron chi connectivity index (χ4n) is 2.74. The van der Waals surface area contributed by atoms with E-state index in [0.29, 0.717) is 0 Å². The van der Waals surface area contributed by atoms with E-state index in [1.54, 1.807) is 0 Å². The Hall–Kier alpha value is -0.0800. The summed E-state index contributed by atoms with van der Waals surface area (Å²) in [5.74, 6) is 0. The fraction of sp³-hybridized carbons (Fsp3) is 1.00. The Labute approximate surface area is 81.9 Å². The van der Waals surface area contributed by atoms with Crippen molar-refractivity contribution < 1.29 is 0 Å². The van der Waals surface area contributed by atoms with Crippen molar-refractivity contribution in [3.05, 3.63) is 0 Å². The van der Waals surface area contributed by atoms with E-state index >= 15 is 0 Å². The van der Waals surface area contributed by atoms with Crippen molar-refractivity contribution in [1.29, 1.82) is 0 Å². The molecule has 2 fully saturated rings. The van der Waals surface area contributed by atoms with E-state index in [2.05, 4.69) is 37.7 Å². The van der Waals surface area contributed by atoms with Gasteiger partial charge in [0.15, 0.2) is 0 Å². The predicted octanol–water partition coefficient (Wildman–Crippen LogP) is 1.42. The molecule has 0 radical (unpaired) electrons. The second-order valence-electron chi connectivity index (χ2n) is 5.52. The maximum absolute atomic E-state index is 2.59. The van der Waals surface area contributed by atoms with Crippen molar-refractivity contribution in [2.75, 3.05) is 27.2 Å². The average molecular weight is 182 g/mol. The van der Waals surface area contributed by atoms with Crippen molar-refractivity contribution in [3.63, 3.8) is 0 Å². The van der Waals surface area contributed by atoms with E-state index in [-0.39, 0.29) is 0 Å². The largest absolute Gasteiger partial charge is 0.306 e. The zero-order valence-electron chi connectivity index (χ0n) is 9.38. The Balaban J connectivity index is 1.76. The molecule has 0 aromatic heterocycles. The molecule has 0 bridgehead atoms. The third kappa shape index (κ3) is 1.50. The molecular formula is C11H22N2. The summed E-state index contributed by atoms with van der Waals surface area (Å²) in [6, 6.07) is 1.62. The predicted molar refractivity (Wildman–Crippen MR) is 55.9 cm³/mol. The van der Waals surface area contributed by atoms with Gasteiger partial charge in [0, 0.05) is 25.2 Å². The summed E-state index contributed by atoms with van der Waals surface area (Å²) < 4.78 is 0. The van der Waals surface area contributed by atoms with Crippen LogP contribution < -0.4 is 0 Å². The SMILES string of the molecule is CC(C)N1CC2(CC(N(C)C)C2)C1. The van der Waals surface area contributed by atoms with Gasteiger partial charge in [-0.2, -0.15) is 0 Å². The Bertz CT molecular complexity index is 161. The van der Waals surface area contributed by atoms with Crippen molar-refractivity contribution in [2.45, 2.75) is 38.8 Å². The van der Waals surface area contributed by atoms with Gasteiger partial charge in [-0.05, 0) is 46.2 Å². The molecule has 0 amide bonds. The van der Waals surface area contributed by atoms with E-state index in [1.165, 1.54) is 25.9 Å². The lowest BCUT2D eigenvalue weighted by molar-refractivity contribution is -0.112. The quantitative estimate of drug-likeness (QED) is 0.637. The molecule has 1 spiro atoms. The van der Waals surface area contributed by atoms with Crippen LogP contribution in [0, 0.1) is 5.41 Å². The highest BCUT2D eigenvalue weighted by atomic mass is 15.3. The highest BCUT2D eigenvalue weighted by molar-refractivity contribution is 5.07. The molecule has 0 N–H and O–H groups in total. The van der Waals surface area contributed by atoms with Gasteiger partial charge in [0.2, 0.25) is 0 Å². The second-order valence-corrected chi connectivity index (χ2v) is 5.52. The lowest BCUT2D eigenvalue weighted by Gasteiger charge is -2.61. The van der Waals surface area contributed by atoms with E-state index < -0.39 is 0 Å². The molecule has 2 aliphatic rings. The molecule has 13 heavy (non-hydrogen) atoms. The van der Waals surface area contributed by atoms with E-state index in [0.717, 1.165) is 17.5 Å². The Morgan fingerprint density at radius 2 is 1.77 bits per heavy atom. The molecule has 0 unspecified atom stereocenters. The minimum atomic E-state index is 0.735. The van der Waals surface area contributed by atoms with Gasteiger partial charge in [-0.15, -0.1) is 0 Å². The summed E-state index contributed by atoms with van der Waals surface area (Å²) in [7, 11) is 4.41. The first-order valence-corrected chi connectivity index (χ1v) is 5.43. The zero-order chi connectivity index (χ0) is 9.64. The standard InChI is InChI=1S/C11H22N2/c1-9(2)13-7-11(8-13)5-10(6-11)12(3)4/h9-10H,5-8H2,1-4H3. The molecule has 1 heterocycles. The van der Waals surface area contributed by atoms with Crippen LogP contribution in [0.15, 0.2) is 0 Å². The van der Waals surface area contributed by atoms with Crippen LogP contribution in [-0.2, 0) is 0 Å². The molecule has 1 aliphatic carbocycles. The van der Waals surface area contributed by atoms with Gasteiger partial charge in [0.05, 0.1) is 0 Å². The molecule has 0 aromatic carbocycles. The van der Waals surface area contributed by atoms with Crippen LogP contribution in [0.1, 0.15) is 26.7 Å². The Kier molecular flexibility index (Phi) is 2.16. The lowest BCUT2D eigenvalue weighted by Crippen LogP contribution is -2.67. The number of hydrogen-bond acceptors (Lipinski definition) is 2. The molecule has 76 valence electrons. The fourth-order valence-corrected chi connectivity index (χ4v) is 2.74. The number of rotatable bonds is 2. The molecule has 2 nitrogen and oxygen atoms in total. The molecule has 0 aromatic rings. The van der Waals surface area contributed by atoms with Crippen LogP contribution in [0.4, 0.5) is 0 Å². The normalized spacial score (nSPS) is 28.2. The van der Waals surface area contributed by atoms with E-state index in [1.807, 2.05) is 0 Å². The first-order chi connectivity index (χ1) is 6.02. The first kappa shape index (κ1) is 9.47. The molecule has 1 saturated carbocycles. The molecule has 1 aliphatic heterocycles. The van der Waals surface area contributed by atoms with Crippen molar-refractivity contribution in [3.8, 4) is 0 Å². The van der Waals surface area contributed by atoms with E-state index in [9.17, 15) is 0 Å². The van der Waals surface area contributed by atoms with Crippen LogP contribution in [-0.4, -0.2) is 49.1 Å². The molecule has 2 heteroatoms. The monoisotopic (exact) mass is 182 g/mol. The number of nitrogens with zero attached hydrogens (tertiary/aromatic N) is 2. The second kappa shape index (κ2) is 2.96. The molecule has 2 rings (SSSR count). The van der Waals surface area contributed by atoms with E-state index in [4.69, 9.17) is 0 Å². The summed E-state index contributed by atoms with van der Waals surface area (Å²) in [5.41, 5.74) is 0.735. The molecule has 0 atom stereocenters. The van der Waals surface area contributed by atoms with Gasteiger partial charge >= 0.3 is 0 Å². The minimum Gasteiger partial charge on any atom is -0.306 e. The number of likely N-dealkylation sites (tertiary alicyclic amines) is 1. The van der Waals surface area contributed by atoms with Crippen LogP contribution in [0.3, 0.4) is 0 Å². The summed E-state index contributed by atoms with van der Waals surface area (Å²) in [5, 5.41) is 0. The minimum absolute atomic E-state index is 0.735. The summed E-state index contributed by atoms with van der Waals surface area (Å²) in [4.78, 5) is 4.97. The number of hydrogen-bond donors (Lipinski definition) is 0. The lowest BCUT2D eigenvalue weighted by atomic mass is 9.60. The van der Waals surface area contributed by atoms with Gasteiger partial charge in [-0.25, -0.2) is 0 Å². The Morgan fingerprint density at radius 3 is 2.15 bits per heavy atom. The Morgan fingerprint density at radius 1 is 1.23 bits per heavy atom. The highest BCUT2D eigenvalue weighted by Gasteiger charge is 2.52. The third-order valence-electron chi connectivity index (χ3n) is 3.87. The first-order valence-electron chi connectivity index (χ1n) is 5.43. The van der Waals surface area contributed by atoms with Gasteiger partial charge in [0.1, 0.15) is 0 Å². The van der Waals surface area contributed by atoms with Crippen LogP contribution in [0.2, 0.25) is 0 Å². The maximum Gasteiger partial charge on any atom is 0.0102 e. The van der Waals surface area contributed by atoms with Gasteiger partial charge < -0.3 is 4.90 Å². The summed E-state index contributed by atoms with van der Waals surface area (Å²) in [6.07, 6.45) is 2.87. The van der Waals surface area contributed by atoms with Crippen LogP contribution in [0.5, 0.6) is 0 Å². The van der Waals surface area contributed by atoms with Gasteiger partial charge in [-0.3, -0.25) is 4.90 Å². The smallest absolute Gasteiger partial charge is 0.0102 e. The highest BCUT2D eigenvalue weighted by Crippen LogP contribution is 2.50. The van der Waals surface area contributed by atoms with Crippen LogP contribution in [0.25, 0.3) is 0 Å². The third-order valence-corrected chi connectivity index (χ3v) is 3.87. The maximum atomic E-state index is 2.59. The van der Waals surface area contributed by atoms with Crippen molar-refractivity contribution >= 4 is 0 Å². The van der Waals surface area contributed by atoms with Crippen molar-refractivity contribution in [2.24, 2.45) is 5.41 Å².